The molecule has 0 bridgehead atoms. The maximum absolute atomic E-state index is 12.2. The van der Waals surface area contributed by atoms with Crippen LogP contribution in [-0.2, 0) is 4.79 Å². The topological polar surface area (TPSA) is 52.9 Å². The Morgan fingerprint density at radius 2 is 1.64 bits per heavy atom. The molecule has 3 nitrogen and oxygen atoms in total. The first-order chi connectivity index (χ1) is 10.7. The number of carbonyl (C=O) groups is 1. The first-order valence-electron chi connectivity index (χ1n) is 7.28. The van der Waals surface area contributed by atoms with E-state index < -0.39 is 0 Å². The van der Waals surface area contributed by atoms with Crippen molar-refractivity contribution in [2.75, 3.05) is 0 Å². The van der Waals surface area contributed by atoms with Crippen LogP contribution in [-0.4, -0.2) is 5.91 Å². The predicted molar refractivity (Wildman–Crippen MR) is 85.5 cm³/mol. The molecular weight excluding hydrogens is 272 g/mol. The van der Waals surface area contributed by atoms with Gasteiger partial charge in [0.05, 0.1) is 5.57 Å². The second-order valence-electron chi connectivity index (χ2n) is 5.43. The van der Waals surface area contributed by atoms with E-state index in [0.29, 0.717) is 11.3 Å². The second-order valence-corrected chi connectivity index (χ2v) is 5.43. The van der Waals surface area contributed by atoms with Crippen molar-refractivity contribution in [1.82, 2.24) is 5.32 Å². The lowest BCUT2D eigenvalue weighted by Gasteiger charge is -2.16. The van der Waals surface area contributed by atoms with Crippen LogP contribution in [0.2, 0.25) is 0 Å². The highest BCUT2D eigenvalue weighted by atomic mass is 16.2. The largest absolute Gasteiger partial charge is 0.328 e. The summed E-state index contributed by atoms with van der Waals surface area (Å²) in [7, 11) is 0. The van der Waals surface area contributed by atoms with Crippen LogP contribution in [0, 0.1) is 17.2 Å². The molecule has 2 aromatic carbocycles. The van der Waals surface area contributed by atoms with Crippen LogP contribution in [0.25, 0.3) is 5.57 Å². The molecule has 0 aliphatic carbocycles. The standard InChI is InChI=1S/C19H16N2O/c1-13-17(15-10-6-3-7-11-15)18(21-19(13)22)16(12-20)14-8-4-2-5-9-14/h2-11,13,17H,1H3,(H,21,22)/b18-16+/t13-,17-/m1/s1. The van der Waals surface area contributed by atoms with Crippen LogP contribution in [0.15, 0.2) is 66.4 Å². The maximum Gasteiger partial charge on any atom is 0.228 e. The molecule has 1 heterocycles. The summed E-state index contributed by atoms with van der Waals surface area (Å²) in [5.74, 6) is -0.333. The second kappa shape index (κ2) is 5.87. The van der Waals surface area contributed by atoms with Gasteiger partial charge in [0, 0.05) is 17.5 Å². The molecule has 22 heavy (non-hydrogen) atoms. The van der Waals surface area contributed by atoms with Crippen LogP contribution >= 0.6 is 0 Å². The van der Waals surface area contributed by atoms with E-state index in [1.165, 1.54) is 0 Å². The minimum atomic E-state index is -0.190. The molecule has 1 aliphatic heterocycles. The Labute approximate surface area is 129 Å². The number of nitrogens with one attached hydrogen (secondary N) is 1. The zero-order valence-electron chi connectivity index (χ0n) is 12.3. The zero-order chi connectivity index (χ0) is 15.5. The third-order valence-corrected chi connectivity index (χ3v) is 4.08. The number of benzene rings is 2. The van der Waals surface area contributed by atoms with Crippen LogP contribution in [0.5, 0.6) is 0 Å². The molecular formula is C19H16N2O. The summed E-state index contributed by atoms with van der Waals surface area (Å²) in [6.07, 6.45) is 0. The van der Waals surface area contributed by atoms with Crippen molar-refractivity contribution >= 4 is 11.5 Å². The van der Waals surface area contributed by atoms with E-state index in [-0.39, 0.29) is 17.7 Å². The van der Waals surface area contributed by atoms with Gasteiger partial charge in [0.2, 0.25) is 5.91 Å². The van der Waals surface area contributed by atoms with E-state index in [1.54, 1.807) is 0 Å². The molecule has 0 saturated carbocycles. The summed E-state index contributed by atoms with van der Waals surface area (Å²) in [6.45, 7) is 1.90. The third-order valence-electron chi connectivity index (χ3n) is 4.08. The average Bonchev–Trinajstić information content (AvgIpc) is 2.85. The molecule has 0 aromatic heterocycles. The molecule has 3 rings (SSSR count). The lowest BCUT2D eigenvalue weighted by Crippen LogP contribution is -2.17. The van der Waals surface area contributed by atoms with Gasteiger partial charge in [0.1, 0.15) is 6.07 Å². The summed E-state index contributed by atoms with van der Waals surface area (Å²) in [5.41, 5.74) is 3.12. The number of rotatable bonds is 2. The summed E-state index contributed by atoms with van der Waals surface area (Å²) < 4.78 is 0. The van der Waals surface area contributed by atoms with Gasteiger partial charge < -0.3 is 5.32 Å². The van der Waals surface area contributed by atoms with Crippen molar-refractivity contribution in [3.8, 4) is 6.07 Å². The molecule has 108 valence electrons. The van der Waals surface area contributed by atoms with Gasteiger partial charge >= 0.3 is 0 Å². The number of allylic oxidation sites excluding steroid dienone is 2. The number of carbonyl (C=O) groups excluding carboxylic acids is 1. The lowest BCUT2D eigenvalue weighted by molar-refractivity contribution is -0.121. The van der Waals surface area contributed by atoms with E-state index in [2.05, 4.69) is 11.4 Å². The Kier molecular flexibility index (Phi) is 3.76. The Morgan fingerprint density at radius 1 is 1.05 bits per heavy atom. The third kappa shape index (κ3) is 2.40. The highest BCUT2D eigenvalue weighted by Crippen LogP contribution is 2.39. The van der Waals surface area contributed by atoms with Gasteiger partial charge in [-0.05, 0) is 11.1 Å². The highest BCUT2D eigenvalue weighted by molar-refractivity contribution is 5.92. The summed E-state index contributed by atoms with van der Waals surface area (Å²) in [4.78, 5) is 12.2. The molecule has 0 unspecified atom stereocenters. The Bertz CT molecular complexity index is 757. The molecule has 0 spiro atoms. The highest BCUT2D eigenvalue weighted by Gasteiger charge is 2.38. The van der Waals surface area contributed by atoms with Crippen molar-refractivity contribution in [1.29, 1.82) is 5.26 Å². The minimum absolute atomic E-state index is 0.0347. The van der Waals surface area contributed by atoms with E-state index >= 15 is 0 Å². The fraction of sp³-hybridized carbons (Fsp3) is 0.158. The van der Waals surface area contributed by atoms with Crippen molar-refractivity contribution in [2.24, 2.45) is 5.92 Å². The molecule has 3 heteroatoms. The van der Waals surface area contributed by atoms with Gasteiger partial charge in [-0.15, -0.1) is 0 Å². The molecule has 1 aliphatic rings. The molecule has 2 aromatic rings. The van der Waals surface area contributed by atoms with Crippen LogP contribution < -0.4 is 5.32 Å². The quantitative estimate of drug-likeness (QED) is 0.860. The smallest absolute Gasteiger partial charge is 0.228 e. The van der Waals surface area contributed by atoms with E-state index in [1.807, 2.05) is 67.6 Å². The minimum Gasteiger partial charge on any atom is -0.328 e. The fourth-order valence-electron chi connectivity index (χ4n) is 2.94. The van der Waals surface area contributed by atoms with Gasteiger partial charge in [-0.3, -0.25) is 4.79 Å². The molecule has 2 atom stereocenters. The monoisotopic (exact) mass is 288 g/mol. The Hall–Kier alpha value is -2.86. The average molecular weight is 288 g/mol. The van der Waals surface area contributed by atoms with Gasteiger partial charge in [-0.2, -0.15) is 5.26 Å². The van der Waals surface area contributed by atoms with Crippen LogP contribution in [0.3, 0.4) is 0 Å². The van der Waals surface area contributed by atoms with Crippen LogP contribution in [0.1, 0.15) is 24.0 Å². The van der Waals surface area contributed by atoms with Gasteiger partial charge in [0.25, 0.3) is 0 Å². The van der Waals surface area contributed by atoms with E-state index in [9.17, 15) is 10.1 Å². The van der Waals surface area contributed by atoms with Gasteiger partial charge in [0.15, 0.2) is 0 Å². The molecule has 1 fully saturated rings. The fourth-order valence-corrected chi connectivity index (χ4v) is 2.94. The lowest BCUT2D eigenvalue weighted by atomic mass is 9.85. The summed E-state index contributed by atoms with van der Waals surface area (Å²) in [5, 5.41) is 12.5. The summed E-state index contributed by atoms with van der Waals surface area (Å²) in [6, 6.07) is 21.6. The number of hydrogen-bond acceptors (Lipinski definition) is 2. The number of nitriles is 1. The first kappa shape index (κ1) is 14.1. The molecule has 0 radical (unpaired) electrons. The number of hydrogen-bond donors (Lipinski definition) is 1. The Balaban J connectivity index is 2.17. The number of amides is 1. The zero-order valence-corrected chi connectivity index (χ0v) is 12.3. The normalized spacial score (nSPS) is 22.8. The molecule has 1 saturated heterocycles. The van der Waals surface area contributed by atoms with Crippen molar-refractivity contribution in [3.05, 3.63) is 77.5 Å². The maximum atomic E-state index is 12.2. The van der Waals surface area contributed by atoms with Crippen LogP contribution in [0.4, 0.5) is 0 Å². The number of nitrogens with zero attached hydrogens (tertiary/aromatic N) is 1. The summed E-state index contributed by atoms with van der Waals surface area (Å²) >= 11 is 0. The van der Waals surface area contributed by atoms with E-state index in [0.717, 1.165) is 11.1 Å². The van der Waals surface area contributed by atoms with Gasteiger partial charge in [-0.1, -0.05) is 67.6 Å². The molecule has 1 amide bonds. The molecule has 1 N–H and O–H groups in total. The first-order valence-corrected chi connectivity index (χ1v) is 7.28. The van der Waals surface area contributed by atoms with Crippen molar-refractivity contribution < 1.29 is 4.79 Å². The van der Waals surface area contributed by atoms with E-state index in [4.69, 9.17) is 0 Å². The Morgan fingerprint density at radius 3 is 2.23 bits per heavy atom. The SMILES string of the molecule is C[C@H]1C(=O)N/C(=C(\C#N)c2ccccc2)[C@H]1c1ccccc1. The van der Waals surface area contributed by atoms with Gasteiger partial charge in [-0.25, -0.2) is 0 Å². The predicted octanol–water partition coefficient (Wildman–Crippen LogP) is 3.47. The van der Waals surface area contributed by atoms with Crippen molar-refractivity contribution in [2.45, 2.75) is 12.8 Å². The van der Waals surface area contributed by atoms with Crippen molar-refractivity contribution in [3.63, 3.8) is 0 Å².